The molecule has 3 N–H and O–H groups in total. The molecule has 1 amide bonds. The summed E-state index contributed by atoms with van der Waals surface area (Å²) in [5, 5.41) is 13.6. The summed E-state index contributed by atoms with van der Waals surface area (Å²) in [6, 6.07) is 5.64. The number of hydrogen-bond donors (Lipinski definition) is 3. The van der Waals surface area contributed by atoms with Crippen LogP contribution in [0.1, 0.15) is 31.2 Å². The molecule has 2 aromatic rings. The van der Waals surface area contributed by atoms with E-state index < -0.39 is 5.97 Å². The highest BCUT2D eigenvalue weighted by atomic mass is 35.5. The number of aromatic nitrogens is 1. The molecule has 0 bridgehead atoms. The smallest absolute Gasteiger partial charge is 0.306 e. The van der Waals surface area contributed by atoms with Crippen LogP contribution in [-0.2, 0) is 16.0 Å². The number of aliphatic carboxylic acids is 1. The minimum absolute atomic E-state index is 0.0374. The van der Waals surface area contributed by atoms with Crippen LogP contribution in [0.2, 0.25) is 5.02 Å². The van der Waals surface area contributed by atoms with Gasteiger partial charge in [0.2, 0.25) is 5.91 Å². The van der Waals surface area contributed by atoms with Gasteiger partial charge >= 0.3 is 5.97 Å². The number of amides is 1. The summed E-state index contributed by atoms with van der Waals surface area (Å²) in [4.78, 5) is 26.3. The van der Waals surface area contributed by atoms with Gasteiger partial charge in [-0.3, -0.25) is 9.59 Å². The monoisotopic (exact) mass is 334 g/mol. The normalized spacial score (nSPS) is 21.3. The number of hydrogen-bond acceptors (Lipinski definition) is 2. The summed E-state index contributed by atoms with van der Waals surface area (Å²) < 4.78 is 0. The van der Waals surface area contributed by atoms with Crippen molar-refractivity contribution in [1.82, 2.24) is 10.3 Å². The van der Waals surface area contributed by atoms with Crippen LogP contribution in [0.3, 0.4) is 0 Å². The van der Waals surface area contributed by atoms with Gasteiger partial charge in [0.15, 0.2) is 0 Å². The molecule has 0 atom stereocenters. The fraction of sp³-hybridized carbons (Fsp3) is 0.412. The molecule has 0 aliphatic heterocycles. The average Bonchev–Trinajstić information content (AvgIpc) is 2.90. The van der Waals surface area contributed by atoms with E-state index in [4.69, 9.17) is 16.7 Å². The Morgan fingerprint density at radius 3 is 2.70 bits per heavy atom. The molecule has 3 rings (SSSR count). The minimum Gasteiger partial charge on any atom is -0.481 e. The minimum atomic E-state index is -0.731. The van der Waals surface area contributed by atoms with Gasteiger partial charge in [0.25, 0.3) is 0 Å². The van der Waals surface area contributed by atoms with E-state index in [-0.39, 0.29) is 17.9 Å². The third-order valence-electron chi connectivity index (χ3n) is 4.52. The van der Waals surface area contributed by atoms with Gasteiger partial charge in [-0.1, -0.05) is 11.6 Å². The van der Waals surface area contributed by atoms with Crippen molar-refractivity contribution >= 4 is 34.4 Å². The van der Waals surface area contributed by atoms with Gasteiger partial charge in [-0.15, -0.1) is 0 Å². The molecule has 1 aliphatic carbocycles. The highest BCUT2D eigenvalue weighted by Gasteiger charge is 2.26. The third-order valence-corrected chi connectivity index (χ3v) is 4.76. The van der Waals surface area contributed by atoms with E-state index in [1.54, 1.807) is 0 Å². The van der Waals surface area contributed by atoms with Crippen LogP contribution in [0, 0.1) is 5.92 Å². The molecule has 0 radical (unpaired) electrons. The molecule has 5 nitrogen and oxygen atoms in total. The topological polar surface area (TPSA) is 82.2 Å². The Morgan fingerprint density at radius 2 is 2.00 bits per heavy atom. The maximum atomic E-state index is 12.2. The number of carbonyl (C=O) groups is 2. The zero-order chi connectivity index (χ0) is 16.4. The number of carboxylic acids is 1. The van der Waals surface area contributed by atoms with Crippen LogP contribution in [0.4, 0.5) is 0 Å². The van der Waals surface area contributed by atoms with Crippen molar-refractivity contribution in [2.24, 2.45) is 5.92 Å². The molecule has 1 heterocycles. The highest BCUT2D eigenvalue weighted by Crippen LogP contribution is 2.25. The van der Waals surface area contributed by atoms with E-state index in [9.17, 15) is 9.59 Å². The van der Waals surface area contributed by atoms with Crippen LogP contribution < -0.4 is 5.32 Å². The predicted octanol–water partition coefficient (Wildman–Crippen LogP) is 3.12. The second kappa shape index (κ2) is 6.62. The second-order valence-corrected chi connectivity index (χ2v) is 6.57. The number of halogens is 1. The Kier molecular flexibility index (Phi) is 4.57. The highest BCUT2D eigenvalue weighted by molar-refractivity contribution is 6.31. The van der Waals surface area contributed by atoms with E-state index in [0.717, 1.165) is 29.3 Å². The quantitative estimate of drug-likeness (QED) is 0.803. The van der Waals surface area contributed by atoms with Crippen molar-refractivity contribution in [1.29, 1.82) is 0 Å². The first-order valence-electron chi connectivity index (χ1n) is 7.80. The lowest BCUT2D eigenvalue weighted by atomic mass is 9.86. The largest absolute Gasteiger partial charge is 0.481 e. The Bertz CT molecular complexity index is 733. The molecule has 6 heteroatoms. The lowest BCUT2D eigenvalue weighted by molar-refractivity contribution is -0.142. The van der Waals surface area contributed by atoms with Crippen LogP contribution in [-0.4, -0.2) is 28.0 Å². The zero-order valence-electron chi connectivity index (χ0n) is 12.6. The maximum Gasteiger partial charge on any atom is 0.306 e. The summed E-state index contributed by atoms with van der Waals surface area (Å²) >= 11 is 6.02. The maximum absolute atomic E-state index is 12.2. The lowest BCUT2D eigenvalue weighted by Crippen LogP contribution is -2.39. The molecular formula is C17H19ClN2O3. The van der Waals surface area contributed by atoms with E-state index in [1.165, 1.54) is 0 Å². The Hall–Kier alpha value is -2.01. The van der Waals surface area contributed by atoms with Crippen molar-refractivity contribution in [3.05, 3.63) is 35.0 Å². The average molecular weight is 335 g/mol. The molecule has 1 fully saturated rings. The van der Waals surface area contributed by atoms with Crippen LogP contribution in [0.25, 0.3) is 10.9 Å². The predicted molar refractivity (Wildman–Crippen MR) is 88.5 cm³/mol. The number of rotatable bonds is 4. The Balaban J connectivity index is 1.59. The zero-order valence-corrected chi connectivity index (χ0v) is 13.4. The van der Waals surface area contributed by atoms with Gasteiger partial charge in [-0.25, -0.2) is 0 Å². The SMILES string of the molecule is O=C(Cc1c[nH]c2ccc(Cl)cc12)NC1CCC(C(=O)O)CC1. The van der Waals surface area contributed by atoms with Crippen molar-refractivity contribution in [3.8, 4) is 0 Å². The van der Waals surface area contributed by atoms with Crippen LogP contribution in [0.15, 0.2) is 24.4 Å². The fourth-order valence-electron chi connectivity index (χ4n) is 3.23. The molecule has 1 saturated carbocycles. The number of fused-ring (bicyclic) bond motifs is 1. The number of carbonyl (C=O) groups excluding carboxylic acids is 1. The molecule has 23 heavy (non-hydrogen) atoms. The molecule has 0 unspecified atom stereocenters. The van der Waals surface area contributed by atoms with Gasteiger partial charge in [0, 0.05) is 28.2 Å². The van der Waals surface area contributed by atoms with E-state index >= 15 is 0 Å². The van der Waals surface area contributed by atoms with Crippen molar-refractivity contribution in [3.63, 3.8) is 0 Å². The van der Waals surface area contributed by atoms with Gasteiger partial charge in [0.05, 0.1) is 12.3 Å². The number of benzene rings is 1. The molecule has 0 spiro atoms. The summed E-state index contributed by atoms with van der Waals surface area (Å²) in [6.45, 7) is 0. The van der Waals surface area contributed by atoms with Gasteiger partial charge in [0.1, 0.15) is 0 Å². The van der Waals surface area contributed by atoms with Gasteiger partial charge < -0.3 is 15.4 Å². The second-order valence-electron chi connectivity index (χ2n) is 6.13. The van der Waals surface area contributed by atoms with Crippen molar-refractivity contribution < 1.29 is 14.7 Å². The first-order chi connectivity index (χ1) is 11.0. The van der Waals surface area contributed by atoms with Crippen LogP contribution >= 0.6 is 11.6 Å². The number of carboxylic acid groups (broad SMARTS) is 1. The van der Waals surface area contributed by atoms with Crippen molar-refractivity contribution in [2.45, 2.75) is 38.1 Å². The first kappa shape index (κ1) is 15.9. The molecule has 1 aliphatic rings. The molecule has 1 aromatic heterocycles. The Morgan fingerprint density at radius 1 is 1.26 bits per heavy atom. The number of nitrogens with one attached hydrogen (secondary N) is 2. The standard InChI is InChI=1S/C17H19ClN2O3/c18-12-3-6-15-14(8-12)11(9-19-15)7-16(21)20-13-4-1-10(2-5-13)17(22)23/h3,6,8-10,13,19H,1-2,4-5,7H2,(H,20,21)(H,22,23). The number of H-pyrrole nitrogens is 1. The first-order valence-corrected chi connectivity index (χ1v) is 8.18. The number of aromatic amines is 1. The van der Waals surface area contributed by atoms with E-state index in [0.29, 0.717) is 24.3 Å². The summed E-state index contributed by atoms with van der Waals surface area (Å²) in [5.74, 6) is -1.03. The van der Waals surface area contributed by atoms with E-state index in [2.05, 4.69) is 10.3 Å². The fourth-order valence-corrected chi connectivity index (χ4v) is 3.41. The van der Waals surface area contributed by atoms with Crippen molar-refractivity contribution in [2.75, 3.05) is 0 Å². The van der Waals surface area contributed by atoms with Gasteiger partial charge in [-0.2, -0.15) is 0 Å². The Labute approximate surface area is 139 Å². The van der Waals surface area contributed by atoms with E-state index in [1.807, 2.05) is 24.4 Å². The molecular weight excluding hydrogens is 316 g/mol. The molecule has 122 valence electrons. The van der Waals surface area contributed by atoms with Crippen LogP contribution in [0.5, 0.6) is 0 Å². The third kappa shape index (κ3) is 3.67. The molecule has 1 aromatic carbocycles. The molecule has 0 saturated heterocycles. The summed E-state index contributed by atoms with van der Waals surface area (Å²) in [6.07, 6.45) is 4.83. The van der Waals surface area contributed by atoms with Gasteiger partial charge in [-0.05, 0) is 49.4 Å². The lowest BCUT2D eigenvalue weighted by Gasteiger charge is -2.26. The summed E-state index contributed by atoms with van der Waals surface area (Å²) in [7, 11) is 0. The summed E-state index contributed by atoms with van der Waals surface area (Å²) in [5.41, 5.74) is 1.87.